The molecule has 4 heteroatoms. The average Bonchev–Trinajstić information content (AvgIpc) is 2.62. The van der Waals surface area contributed by atoms with Gasteiger partial charge in [0.15, 0.2) is 0 Å². The fourth-order valence-electron chi connectivity index (χ4n) is 3.24. The van der Waals surface area contributed by atoms with E-state index in [1.807, 2.05) is 37.3 Å². The Kier molecular flexibility index (Phi) is 5.83. The predicted molar refractivity (Wildman–Crippen MR) is 94.7 cm³/mol. The minimum atomic E-state index is -0.193. The molecular formula is C20H26N2O2. The van der Waals surface area contributed by atoms with Crippen molar-refractivity contribution in [2.45, 2.75) is 39.0 Å². The van der Waals surface area contributed by atoms with Crippen LogP contribution in [0.4, 0.5) is 0 Å². The van der Waals surface area contributed by atoms with Gasteiger partial charge in [-0.15, -0.1) is 0 Å². The highest BCUT2D eigenvalue weighted by Gasteiger charge is 2.23. The minimum absolute atomic E-state index is 0.193. The van der Waals surface area contributed by atoms with Gasteiger partial charge < -0.3 is 9.84 Å². The second-order valence-electron chi connectivity index (χ2n) is 6.57. The first-order valence-corrected chi connectivity index (χ1v) is 8.73. The lowest BCUT2D eigenvalue weighted by Gasteiger charge is -2.33. The Labute approximate surface area is 144 Å². The first-order valence-electron chi connectivity index (χ1n) is 8.73. The Balaban J connectivity index is 1.58. The lowest BCUT2D eigenvalue weighted by molar-refractivity contribution is 0.0692. The number of aliphatic hydroxyl groups is 1. The van der Waals surface area contributed by atoms with Gasteiger partial charge in [-0.1, -0.05) is 24.3 Å². The van der Waals surface area contributed by atoms with Crippen molar-refractivity contribution in [3.05, 3.63) is 59.9 Å². The van der Waals surface area contributed by atoms with Crippen molar-refractivity contribution in [1.29, 1.82) is 0 Å². The molecule has 1 N–H and O–H groups in total. The molecule has 1 aromatic carbocycles. The van der Waals surface area contributed by atoms with E-state index in [-0.39, 0.29) is 6.10 Å². The number of ether oxygens (including phenoxy) is 1. The molecule has 1 fully saturated rings. The summed E-state index contributed by atoms with van der Waals surface area (Å²) in [6.07, 6.45) is 3.72. The van der Waals surface area contributed by atoms with E-state index in [0.717, 1.165) is 43.9 Å². The van der Waals surface area contributed by atoms with E-state index in [4.69, 9.17) is 4.74 Å². The molecule has 2 aromatic rings. The number of rotatable bonds is 6. The van der Waals surface area contributed by atoms with Crippen LogP contribution in [0.2, 0.25) is 0 Å². The summed E-state index contributed by atoms with van der Waals surface area (Å²) in [5.74, 6) is 1.37. The molecule has 0 amide bonds. The number of aromatic nitrogens is 1. The minimum Gasteiger partial charge on any atom is -0.487 e. The number of aliphatic hydroxyl groups excluding tert-OH is 1. The van der Waals surface area contributed by atoms with E-state index in [2.05, 4.69) is 22.0 Å². The number of nitrogens with zero attached hydrogens (tertiary/aromatic N) is 2. The maximum absolute atomic E-state index is 9.73. The Morgan fingerprint density at radius 3 is 2.62 bits per heavy atom. The summed E-state index contributed by atoms with van der Waals surface area (Å²) in [5, 5.41) is 9.73. The number of benzene rings is 1. The zero-order valence-corrected chi connectivity index (χ0v) is 14.3. The van der Waals surface area contributed by atoms with Crippen molar-refractivity contribution < 1.29 is 9.84 Å². The van der Waals surface area contributed by atoms with Crippen LogP contribution in [-0.2, 0) is 13.2 Å². The number of likely N-dealkylation sites (tertiary alicyclic amines) is 1. The van der Waals surface area contributed by atoms with Gasteiger partial charge in [-0.3, -0.25) is 9.88 Å². The molecule has 2 heterocycles. The van der Waals surface area contributed by atoms with E-state index >= 15 is 0 Å². The zero-order chi connectivity index (χ0) is 16.8. The second-order valence-corrected chi connectivity index (χ2v) is 6.57. The lowest BCUT2D eigenvalue weighted by atomic mass is 9.92. The molecule has 1 unspecified atom stereocenters. The van der Waals surface area contributed by atoms with Gasteiger partial charge in [0, 0.05) is 18.3 Å². The van der Waals surface area contributed by atoms with E-state index in [1.165, 1.54) is 5.56 Å². The highest BCUT2D eigenvalue weighted by Crippen LogP contribution is 2.25. The summed E-state index contributed by atoms with van der Waals surface area (Å²) in [5.41, 5.74) is 2.15. The maximum atomic E-state index is 9.73. The van der Waals surface area contributed by atoms with Gasteiger partial charge in [0.1, 0.15) is 12.4 Å². The van der Waals surface area contributed by atoms with Crippen molar-refractivity contribution >= 4 is 0 Å². The fourth-order valence-corrected chi connectivity index (χ4v) is 3.24. The van der Waals surface area contributed by atoms with Crippen LogP contribution in [0.15, 0.2) is 48.7 Å². The van der Waals surface area contributed by atoms with Crippen LogP contribution in [0.1, 0.15) is 31.0 Å². The maximum Gasteiger partial charge on any atom is 0.130 e. The largest absolute Gasteiger partial charge is 0.487 e. The highest BCUT2D eigenvalue weighted by molar-refractivity contribution is 5.33. The number of para-hydroxylation sites is 1. The molecule has 1 aliphatic rings. The van der Waals surface area contributed by atoms with Gasteiger partial charge in [0.05, 0.1) is 11.8 Å². The van der Waals surface area contributed by atoms with Crippen LogP contribution in [0.25, 0.3) is 0 Å². The van der Waals surface area contributed by atoms with Crippen LogP contribution >= 0.6 is 0 Å². The van der Waals surface area contributed by atoms with Crippen LogP contribution in [0, 0.1) is 5.92 Å². The van der Waals surface area contributed by atoms with Gasteiger partial charge in [-0.25, -0.2) is 0 Å². The topological polar surface area (TPSA) is 45.6 Å². The third kappa shape index (κ3) is 4.56. The zero-order valence-electron chi connectivity index (χ0n) is 14.3. The summed E-state index contributed by atoms with van der Waals surface area (Å²) in [6, 6.07) is 14.1. The molecule has 3 rings (SSSR count). The number of hydrogen-bond donors (Lipinski definition) is 1. The lowest BCUT2D eigenvalue weighted by Crippen LogP contribution is -2.36. The third-order valence-corrected chi connectivity index (χ3v) is 4.78. The Morgan fingerprint density at radius 2 is 1.92 bits per heavy atom. The van der Waals surface area contributed by atoms with Gasteiger partial charge in [-0.05, 0) is 57.0 Å². The molecule has 24 heavy (non-hydrogen) atoms. The van der Waals surface area contributed by atoms with Gasteiger partial charge in [0.2, 0.25) is 0 Å². The Morgan fingerprint density at radius 1 is 1.17 bits per heavy atom. The van der Waals surface area contributed by atoms with Crippen molar-refractivity contribution in [2.24, 2.45) is 5.92 Å². The predicted octanol–water partition coefficient (Wildman–Crippen LogP) is 3.25. The van der Waals surface area contributed by atoms with Gasteiger partial charge in [-0.2, -0.15) is 0 Å². The van der Waals surface area contributed by atoms with Crippen molar-refractivity contribution in [1.82, 2.24) is 9.88 Å². The molecular weight excluding hydrogens is 300 g/mol. The van der Waals surface area contributed by atoms with E-state index in [1.54, 1.807) is 6.20 Å². The van der Waals surface area contributed by atoms with Crippen molar-refractivity contribution in [3.63, 3.8) is 0 Å². The Bertz CT molecular complexity index is 623. The van der Waals surface area contributed by atoms with Gasteiger partial charge in [0.25, 0.3) is 0 Å². The summed E-state index contributed by atoms with van der Waals surface area (Å²) < 4.78 is 5.99. The number of piperidine rings is 1. The molecule has 1 aliphatic heterocycles. The van der Waals surface area contributed by atoms with Crippen LogP contribution in [0.3, 0.4) is 0 Å². The fraction of sp³-hybridized carbons (Fsp3) is 0.450. The molecule has 0 spiro atoms. The van der Waals surface area contributed by atoms with Gasteiger partial charge >= 0.3 is 0 Å². The molecule has 128 valence electrons. The molecule has 4 nitrogen and oxygen atoms in total. The van der Waals surface area contributed by atoms with E-state index < -0.39 is 0 Å². The quantitative estimate of drug-likeness (QED) is 0.885. The molecule has 1 aromatic heterocycles. The van der Waals surface area contributed by atoms with Crippen LogP contribution in [0.5, 0.6) is 5.75 Å². The molecule has 0 radical (unpaired) electrons. The number of hydrogen-bond acceptors (Lipinski definition) is 4. The van der Waals surface area contributed by atoms with Crippen molar-refractivity contribution in [3.8, 4) is 5.75 Å². The third-order valence-electron chi connectivity index (χ3n) is 4.78. The normalized spacial score (nSPS) is 17.6. The highest BCUT2D eigenvalue weighted by atomic mass is 16.5. The summed E-state index contributed by atoms with van der Waals surface area (Å²) in [4.78, 5) is 6.75. The smallest absolute Gasteiger partial charge is 0.130 e. The standard InChI is InChI=1S/C20H26N2O2/c1-16(23)17-9-12-22(13-10-17)14-18-6-2-3-8-20(18)24-15-19-7-4-5-11-21-19/h2-8,11,16-17,23H,9-10,12-15H2,1H3. The molecule has 0 aliphatic carbocycles. The SMILES string of the molecule is CC(O)C1CCN(Cc2ccccc2OCc2ccccn2)CC1. The van der Waals surface area contributed by atoms with Crippen LogP contribution in [-0.4, -0.2) is 34.2 Å². The molecule has 0 bridgehead atoms. The number of pyridine rings is 1. The van der Waals surface area contributed by atoms with Crippen LogP contribution < -0.4 is 4.74 Å². The Hall–Kier alpha value is -1.91. The summed E-state index contributed by atoms with van der Waals surface area (Å²) in [7, 11) is 0. The second kappa shape index (κ2) is 8.27. The van der Waals surface area contributed by atoms with Crippen molar-refractivity contribution in [2.75, 3.05) is 13.1 Å². The van der Waals surface area contributed by atoms with E-state index in [0.29, 0.717) is 12.5 Å². The van der Waals surface area contributed by atoms with E-state index in [9.17, 15) is 5.11 Å². The average molecular weight is 326 g/mol. The molecule has 0 saturated carbocycles. The first-order chi connectivity index (χ1) is 11.7. The summed E-state index contributed by atoms with van der Waals surface area (Å²) in [6.45, 7) is 5.35. The monoisotopic (exact) mass is 326 g/mol. The molecule has 1 atom stereocenters. The first kappa shape index (κ1) is 16.9. The summed E-state index contributed by atoms with van der Waals surface area (Å²) >= 11 is 0. The molecule has 1 saturated heterocycles.